The zero-order valence-electron chi connectivity index (χ0n) is 11.4. The van der Waals surface area contributed by atoms with Crippen molar-refractivity contribution in [3.05, 3.63) is 30.1 Å². The van der Waals surface area contributed by atoms with Crippen molar-refractivity contribution in [2.24, 2.45) is 0 Å². The molecule has 6 heteroatoms. The van der Waals surface area contributed by atoms with Crippen LogP contribution < -0.4 is 10.6 Å². The van der Waals surface area contributed by atoms with Crippen molar-refractivity contribution in [1.29, 1.82) is 0 Å². The first-order chi connectivity index (χ1) is 9.63. The number of methoxy groups -OCH3 is 1. The molecule has 0 fully saturated rings. The Morgan fingerprint density at radius 3 is 2.75 bits per heavy atom. The van der Waals surface area contributed by atoms with Crippen LogP contribution in [0.1, 0.15) is 25.7 Å². The van der Waals surface area contributed by atoms with Gasteiger partial charge in [0.2, 0.25) is 0 Å². The topological polar surface area (TPSA) is 50.4 Å². The Bertz CT molecular complexity index is 455. The SMILES string of the molecule is COC(=O)CCCCCNC(=S)Nc1ccccc1F. The van der Waals surface area contributed by atoms with E-state index in [0.717, 1.165) is 19.3 Å². The van der Waals surface area contributed by atoms with Gasteiger partial charge in [0.05, 0.1) is 12.8 Å². The maximum atomic E-state index is 13.4. The van der Waals surface area contributed by atoms with Crippen molar-refractivity contribution in [2.45, 2.75) is 25.7 Å². The maximum Gasteiger partial charge on any atom is 0.305 e. The number of hydrogen-bond acceptors (Lipinski definition) is 3. The van der Waals surface area contributed by atoms with E-state index in [9.17, 15) is 9.18 Å². The van der Waals surface area contributed by atoms with E-state index in [-0.39, 0.29) is 11.8 Å². The summed E-state index contributed by atoms with van der Waals surface area (Å²) in [6.07, 6.45) is 3.02. The normalized spacial score (nSPS) is 9.90. The van der Waals surface area contributed by atoms with Crippen LogP contribution in [0.5, 0.6) is 0 Å². The highest BCUT2D eigenvalue weighted by Crippen LogP contribution is 2.11. The molecular formula is C14H19FN2O2S. The van der Waals surface area contributed by atoms with E-state index in [1.807, 2.05) is 0 Å². The average molecular weight is 298 g/mol. The molecule has 0 aliphatic carbocycles. The van der Waals surface area contributed by atoms with Crippen LogP contribution in [-0.4, -0.2) is 24.7 Å². The fourth-order valence-electron chi connectivity index (χ4n) is 1.60. The minimum absolute atomic E-state index is 0.185. The van der Waals surface area contributed by atoms with Gasteiger partial charge in [-0.3, -0.25) is 4.79 Å². The minimum atomic E-state index is -0.338. The summed E-state index contributed by atoms with van der Waals surface area (Å²) in [5.41, 5.74) is 0.357. The summed E-state index contributed by atoms with van der Waals surface area (Å²) in [4.78, 5) is 10.9. The third-order valence-electron chi connectivity index (χ3n) is 2.69. The Kier molecular flexibility index (Phi) is 7.57. The number of halogens is 1. The molecule has 4 nitrogen and oxygen atoms in total. The zero-order valence-corrected chi connectivity index (χ0v) is 12.3. The third kappa shape index (κ3) is 6.47. The minimum Gasteiger partial charge on any atom is -0.469 e. The molecule has 0 saturated heterocycles. The first kappa shape index (κ1) is 16.4. The smallest absolute Gasteiger partial charge is 0.305 e. The van der Waals surface area contributed by atoms with Crippen molar-refractivity contribution < 1.29 is 13.9 Å². The lowest BCUT2D eigenvalue weighted by molar-refractivity contribution is -0.140. The largest absolute Gasteiger partial charge is 0.469 e. The molecule has 1 rings (SSSR count). The molecule has 0 aliphatic rings. The van der Waals surface area contributed by atoms with Crippen LogP contribution in [0, 0.1) is 5.82 Å². The number of unbranched alkanes of at least 4 members (excludes halogenated alkanes) is 2. The summed E-state index contributed by atoms with van der Waals surface area (Å²) in [5, 5.41) is 6.19. The van der Waals surface area contributed by atoms with E-state index in [4.69, 9.17) is 12.2 Å². The monoisotopic (exact) mass is 298 g/mol. The molecule has 0 bridgehead atoms. The van der Waals surface area contributed by atoms with E-state index in [2.05, 4.69) is 15.4 Å². The van der Waals surface area contributed by atoms with Crippen LogP contribution in [0.15, 0.2) is 24.3 Å². The number of para-hydroxylation sites is 1. The highest BCUT2D eigenvalue weighted by Gasteiger charge is 2.02. The summed E-state index contributed by atoms with van der Waals surface area (Å²) in [7, 11) is 1.39. The molecule has 0 spiro atoms. The number of anilines is 1. The Balaban J connectivity index is 2.12. The van der Waals surface area contributed by atoms with Crippen molar-refractivity contribution in [1.82, 2.24) is 5.32 Å². The van der Waals surface area contributed by atoms with Crippen LogP contribution in [0.3, 0.4) is 0 Å². The molecule has 1 aromatic carbocycles. The summed E-state index contributed by atoms with van der Waals surface area (Å²) < 4.78 is 17.9. The molecule has 0 radical (unpaired) electrons. The van der Waals surface area contributed by atoms with Gasteiger partial charge in [-0.25, -0.2) is 4.39 Å². The van der Waals surface area contributed by atoms with Gasteiger partial charge in [0.1, 0.15) is 5.82 Å². The van der Waals surface area contributed by atoms with Crippen molar-refractivity contribution in [3.63, 3.8) is 0 Å². The quantitative estimate of drug-likeness (QED) is 0.460. The summed E-state index contributed by atoms with van der Waals surface area (Å²) in [6.45, 7) is 0.682. The Morgan fingerprint density at radius 1 is 1.30 bits per heavy atom. The number of carbonyl (C=O) groups excluding carboxylic acids is 1. The fraction of sp³-hybridized carbons (Fsp3) is 0.429. The van der Waals surface area contributed by atoms with Gasteiger partial charge in [-0.15, -0.1) is 0 Å². The van der Waals surface area contributed by atoms with Crippen LogP contribution in [-0.2, 0) is 9.53 Å². The van der Waals surface area contributed by atoms with Crippen molar-refractivity contribution >= 4 is 29.0 Å². The van der Waals surface area contributed by atoms with Crippen LogP contribution in [0.2, 0.25) is 0 Å². The number of esters is 1. The number of ether oxygens (including phenoxy) is 1. The second kappa shape index (κ2) is 9.25. The predicted molar refractivity (Wildman–Crippen MR) is 81.1 cm³/mol. The fourth-order valence-corrected chi connectivity index (χ4v) is 1.82. The van der Waals surface area contributed by atoms with Gasteiger partial charge in [-0.05, 0) is 37.2 Å². The van der Waals surface area contributed by atoms with E-state index < -0.39 is 0 Å². The molecule has 110 valence electrons. The zero-order chi connectivity index (χ0) is 14.8. The lowest BCUT2D eigenvalue weighted by Gasteiger charge is -2.10. The molecule has 20 heavy (non-hydrogen) atoms. The number of benzene rings is 1. The van der Waals surface area contributed by atoms with E-state index in [1.54, 1.807) is 18.2 Å². The summed E-state index contributed by atoms with van der Waals surface area (Å²) in [5.74, 6) is -0.524. The van der Waals surface area contributed by atoms with Crippen LogP contribution in [0.4, 0.5) is 10.1 Å². The Labute approximate surface area is 123 Å². The van der Waals surface area contributed by atoms with Gasteiger partial charge < -0.3 is 15.4 Å². The maximum absolute atomic E-state index is 13.4. The van der Waals surface area contributed by atoms with Gasteiger partial charge >= 0.3 is 5.97 Å². The molecule has 0 saturated carbocycles. The second-order valence-electron chi connectivity index (χ2n) is 4.25. The van der Waals surface area contributed by atoms with Crippen molar-refractivity contribution in [3.8, 4) is 0 Å². The Hall–Kier alpha value is -1.69. The average Bonchev–Trinajstić information content (AvgIpc) is 2.44. The van der Waals surface area contributed by atoms with E-state index >= 15 is 0 Å². The Morgan fingerprint density at radius 2 is 2.05 bits per heavy atom. The second-order valence-corrected chi connectivity index (χ2v) is 4.66. The molecule has 0 aromatic heterocycles. The molecule has 0 amide bonds. The predicted octanol–water partition coefficient (Wildman–Crippen LogP) is 2.85. The lowest BCUT2D eigenvalue weighted by atomic mass is 10.2. The summed E-state index contributed by atoms with van der Waals surface area (Å²) >= 11 is 5.07. The molecule has 0 unspecified atom stereocenters. The van der Waals surface area contributed by atoms with E-state index in [1.165, 1.54) is 13.2 Å². The molecule has 2 N–H and O–H groups in total. The van der Waals surface area contributed by atoms with Gasteiger partial charge in [-0.2, -0.15) is 0 Å². The lowest BCUT2D eigenvalue weighted by Crippen LogP contribution is -2.29. The first-order valence-corrected chi connectivity index (χ1v) is 6.90. The highest BCUT2D eigenvalue weighted by atomic mass is 32.1. The standard InChI is InChI=1S/C14H19FN2O2S/c1-19-13(18)9-3-2-6-10-16-14(20)17-12-8-5-4-7-11(12)15/h4-5,7-8H,2-3,6,9-10H2,1H3,(H2,16,17,20). The number of rotatable bonds is 7. The van der Waals surface area contributed by atoms with E-state index in [0.29, 0.717) is 23.8 Å². The number of carbonyl (C=O) groups is 1. The molecule has 0 heterocycles. The van der Waals surface area contributed by atoms with Gasteiger partial charge in [-0.1, -0.05) is 18.6 Å². The number of hydrogen-bond donors (Lipinski definition) is 2. The first-order valence-electron chi connectivity index (χ1n) is 6.49. The van der Waals surface area contributed by atoms with Crippen LogP contribution >= 0.6 is 12.2 Å². The molecule has 0 aliphatic heterocycles. The number of thiocarbonyl (C=S) groups is 1. The van der Waals surface area contributed by atoms with Gasteiger partial charge in [0.15, 0.2) is 5.11 Å². The third-order valence-corrected chi connectivity index (χ3v) is 2.94. The van der Waals surface area contributed by atoms with Gasteiger partial charge in [0, 0.05) is 13.0 Å². The van der Waals surface area contributed by atoms with Crippen molar-refractivity contribution in [2.75, 3.05) is 19.0 Å². The summed E-state index contributed by atoms with van der Waals surface area (Å²) in [6, 6.07) is 6.36. The van der Waals surface area contributed by atoms with Gasteiger partial charge in [0.25, 0.3) is 0 Å². The molecule has 0 atom stereocenters. The highest BCUT2D eigenvalue weighted by molar-refractivity contribution is 7.80. The molecule has 1 aromatic rings. The van der Waals surface area contributed by atoms with Crippen LogP contribution in [0.25, 0.3) is 0 Å². The number of nitrogens with one attached hydrogen (secondary N) is 2. The molecular weight excluding hydrogens is 279 g/mol.